The van der Waals surface area contributed by atoms with Crippen molar-refractivity contribution in [2.75, 3.05) is 31.2 Å². The van der Waals surface area contributed by atoms with E-state index < -0.39 is 5.82 Å². The number of pyridine rings is 1. The van der Waals surface area contributed by atoms with Crippen molar-refractivity contribution in [3.8, 4) is 5.88 Å². The maximum absolute atomic E-state index is 13.6. The first-order valence-electron chi connectivity index (χ1n) is 8.59. The second-order valence-electron chi connectivity index (χ2n) is 6.72. The van der Waals surface area contributed by atoms with Gasteiger partial charge in [0.15, 0.2) is 11.6 Å². The number of aromatic nitrogens is 3. The van der Waals surface area contributed by atoms with Crippen LogP contribution in [0.1, 0.15) is 18.5 Å². The smallest absolute Gasteiger partial charge is 0.250 e. The standard InChI is InChI=1S/C18H21FN4O2/c1-13-4-5-16(22-21-13)23-11-18(12-23)14(7-10-25-18)6-9-24-17-15(19)3-2-8-20-17/h2-5,8,14H,6-7,9-12H2,1H3. The number of ether oxygens (including phenoxy) is 2. The third-order valence-electron chi connectivity index (χ3n) is 5.05. The predicted molar refractivity (Wildman–Crippen MR) is 90.1 cm³/mol. The van der Waals surface area contributed by atoms with Crippen molar-refractivity contribution in [3.05, 3.63) is 42.0 Å². The van der Waals surface area contributed by atoms with Crippen LogP contribution in [0.25, 0.3) is 0 Å². The summed E-state index contributed by atoms with van der Waals surface area (Å²) in [6, 6.07) is 6.87. The summed E-state index contributed by atoms with van der Waals surface area (Å²) < 4.78 is 25.1. The highest BCUT2D eigenvalue weighted by Crippen LogP contribution is 2.42. The van der Waals surface area contributed by atoms with E-state index in [0.717, 1.165) is 44.0 Å². The average molecular weight is 344 g/mol. The number of hydrogen-bond donors (Lipinski definition) is 0. The highest BCUT2D eigenvalue weighted by molar-refractivity contribution is 5.43. The minimum absolute atomic E-state index is 0.0700. The zero-order valence-electron chi connectivity index (χ0n) is 14.2. The van der Waals surface area contributed by atoms with Gasteiger partial charge in [0.05, 0.1) is 25.4 Å². The lowest BCUT2D eigenvalue weighted by Crippen LogP contribution is -2.65. The Morgan fingerprint density at radius 2 is 2.20 bits per heavy atom. The Kier molecular flexibility index (Phi) is 4.25. The molecule has 132 valence electrons. The summed E-state index contributed by atoms with van der Waals surface area (Å²) in [4.78, 5) is 6.10. The molecule has 25 heavy (non-hydrogen) atoms. The second kappa shape index (κ2) is 6.55. The van der Waals surface area contributed by atoms with Crippen LogP contribution in [0.2, 0.25) is 0 Å². The van der Waals surface area contributed by atoms with E-state index in [1.807, 2.05) is 19.1 Å². The zero-order valence-corrected chi connectivity index (χ0v) is 14.2. The molecule has 2 aliphatic rings. The van der Waals surface area contributed by atoms with E-state index in [0.29, 0.717) is 12.5 Å². The van der Waals surface area contributed by atoms with Crippen LogP contribution in [0, 0.1) is 18.7 Å². The molecule has 2 aromatic rings. The van der Waals surface area contributed by atoms with Gasteiger partial charge >= 0.3 is 0 Å². The monoisotopic (exact) mass is 344 g/mol. The Balaban J connectivity index is 1.32. The van der Waals surface area contributed by atoms with Crippen molar-refractivity contribution in [1.82, 2.24) is 15.2 Å². The predicted octanol–water partition coefficient (Wildman–Crippen LogP) is 2.38. The molecular weight excluding hydrogens is 323 g/mol. The summed E-state index contributed by atoms with van der Waals surface area (Å²) in [7, 11) is 0. The van der Waals surface area contributed by atoms with Crippen molar-refractivity contribution in [2.24, 2.45) is 5.92 Å². The van der Waals surface area contributed by atoms with E-state index in [-0.39, 0.29) is 11.5 Å². The van der Waals surface area contributed by atoms with Crippen molar-refractivity contribution < 1.29 is 13.9 Å². The first kappa shape index (κ1) is 16.2. The number of anilines is 1. The third kappa shape index (κ3) is 3.16. The third-order valence-corrected chi connectivity index (χ3v) is 5.05. The molecule has 0 aliphatic carbocycles. The maximum atomic E-state index is 13.6. The summed E-state index contributed by atoms with van der Waals surface area (Å²) >= 11 is 0. The lowest BCUT2D eigenvalue weighted by Gasteiger charge is -2.50. The van der Waals surface area contributed by atoms with E-state index in [2.05, 4.69) is 20.1 Å². The fourth-order valence-corrected chi connectivity index (χ4v) is 3.64. The van der Waals surface area contributed by atoms with Gasteiger partial charge in [-0.2, -0.15) is 5.10 Å². The molecule has 7 heteroatoms. The van der Waals surface area contributed by atoms with Gasteiger partial charge in [-0.15, -0.1) is 5.10 Å². The molecule has 0 saturated carbocycles. The largest absolute Gasteiger partial charge is 0.476 e. The summed E-state index contributed by atoms with van der Waals surface area (Å²) in [6.45, 7) is 4.75. The van der Waals surface area contributed by atoms with Gasteiger partial charge in [0.1, 0.15) is 5.60 Å². The van der Waals surface area contributed by atoms with Crippen molar-refractivity contribution in [2.45, 2.75) is 25.4 Å². The fourth-order valence-electron chi connectivity index (χ4n) is 3.64. The number of hydrogen-bond acceptors (Lipinski definition) is 6. The van der Waals surface area contributed by atoms with Crippen LogP contribution in [0.3, 0.4) is 0 Å². The molecule has 4 rings (SSSR count). The Hall–Kier alpha value is -2.28. The van der Waals surface area contributed by atoms with E-state index in [1.54, 1.807) is 6.07 Å². The molecule has 0 N–H and O–H groups in total. The van der Waals surface area contributed by atoms with Crippen LogP contribution >= 0.6 is 0 Å². The minimum atomic E-state index is -0.423. The van der Waals surface area contributed by atoms with Crippen LogP contribution in [0.4, 0.5) is 10.2 Å². The number of nitrogens with zero attached hydrogens (tertiary/aromatic N) is 4. The van der Waals surface area contributed by atoms with Gasteiger partial charge in [0, 0.05) is 12.8 Å². The first-order chi connectivity index (χ1) is 12.2. The van der Waals surface area contributed by atoms with Gasteiger partial charge in [-0.05, 0) is 49.9 Å². The molecule has 0 radical (unpaired) electrons. The molecule has 6 nitrogen and oxygen atoms in total. The van der Waals surface area contributed by atoms with E-state index in [9.17, 15) is 4.39 Å². The molecule has 1 unspecified atom stereocenters. The normalized spacial score (nSPS) is 21.4. The Labute approximate surface area is 146 Å². The number of rotatable bonds is 5. The van der Waals surface area contributed by atoms with Crippen molar-refractivity contribution >= 4 is 5.82 Å². The summed E-state index contributed by atoms with van der Waals surface area (Å²) in [6.07, 6.45) is 3.36. The first-order valence-corrected chi connectivity index (χ1v) is 8.59. The van der Waals surface area contributed by atoms with Crippen LogP contribution in [-0.4, -0.2) is 47.1 Å². The SMILES string of the molecule is Cc1ccc(N2CC3(C2)OCCC3CCOc2ncccc2F)nn1. The molecule has 2 aliphatic heterocycles. The van der Waals surface area contributed by atoms with Crippen molar-refractivity contribution in [3.63, 3.8) is 0 Å². The highest BCUT2D eigenvalue weighted by atomic mass is 19.1. The van der Waals surface area contributed by atoms with Crippen molar-refractivity contribution in [1.29, 1.82) is 0 Å². The fraction of sp³-hybridized carbons (Fsp3) is 0.500. The molecule has 2 fully saturated rings. The van der Waals surface area contributed by atoms with Crippen LogP contribution in [0.5, 0.6) is 5.88 Å². The summed E-state index contributed by atoms with van der Waals surface area (Å²) in [5.41, 5.74) is 0.770. The van der Waals surface area contributed by atoms with E-state index in [4.69, 9.17) is 9.47 Å². The van der Waals surface area contributed by atoms with E-state index >= 15 is 0 Å². The lowest BCUT2D eigenvalue weighted by molar-refractivity contribution is -0.0479. The molecule has 2 saturated heterocycles. The van der Waals surface area contributed by atoms with Gasteiger partial charge in [-0.25, -0.2) is 9.37 Å². The Bertz CT molecular complexity index is 734. The highest BCUT2D eigenvalue weighted by Gasteiger charge is 2.53. The molecule has 0 aromatic carbocycles. The lowest BCUT2D eigenvalue weighted by atomic mass is 9.79. The summed E-state index contributed by atoms with van der Waals surface area (Å²) in [5, 5.41) is 8.35. The molecule has 0 amide bonds. The molecule has 2 aromatic heterocycles. The number of halogens is 1. The average Bonchev–Trinajstić information content (AvgIpc) is 3.00. The Morgan fingerprint density at radius 1 is 1.32 bits per heavy atom. The zero-order chi connectivity index (χ0) is 17.3. The van der Waals surface area contributed by atoms with Gasteiger partial charge in [0.25, 0.3) is 0 Å². The molecule has 1 atom stereocenters. The molecule has 4 heterocycles. The summed E-state index contributed by atoms with van der Waals surface area (Å²) in [5.74, 6) is 0.930. The van der Waals surface area contributed by atoms with Gasteiger partial charge < -0.3 is 14.4 Å². The Morgan fingerprint density at radius 3 is 2.96 bits per heavy atom. The van der Waals surface area contributed by atoms with Crippen LogP contribution < -0.4 is 9.64 Å². The maximum Gasteiger partial charge on any atom is 0.250 e. The van der Waals surface area contributed by atoms with E-state index in [1.165, 1.54) is 12.3 Å². The van der Waals surface area contributed by atoms with Gasteiger partial charge in [-0.3, -0.25) is 0 Å². The topological polar surface area (TPSA) is 60.4 Å². The molecule has 0 bridgehead atoms. The number of aryl methyl sites for hydroxylation is 1. The molecular formula is C18H21FN4O2. The molecule has 1 spiro atoms. The van der Waals surface area contributed by atoms with Gasteiger partial charge in [-0.1, -0.05) is 0 Å². The quantitative estimate of drug-likeness (QED) is 0.830. The van der Waals surface area contributed by atoms with Gasteiger partial charge in [0.2, 0.25) is 5.88 Å². The minimum Gasteiger partial charge on any atom is -0.476 e. The second-order valence-corrected chi connectivity index (χ2v) is 6.72. The van der Waals surface area contributed by atoms with Crippen LogP contribution in [-0.2, 0) is 4.74 Å². The van der Waals surface area contributed by atoms with Crippen LogP contribution in [0.15, 0.2) is 30.5 Å².